The van der Waals surface area contributed by atoms with Gasteiger partial charge in [-0.2, -0.15) is 0 Å². The minimum absolute atomic E-state index is 0.258. The molecule has 7 heteroatoms. The molecule has 0 saturated carbocycles. The molecular formula is C13H16N6O. The van der Waals surface area contributed by atoms with Gasteiger partial charge in [0.15, 0.2) is 0 Å². The molecule has 0 aromatic carbocycles. The van der Waals surface area contributed by atoms with Crippen molar-refractivity contribution in [2.24, 2.45) is 0 Å². The highest BCUT2D eigenvalue weighted by Gasteiger charge is 2.15. The van der Waals surface area contributed by atoms with Crippen LogP contribution in [0.25, 0.3) is 11.3 Å². The molecule has 1 aliphatic rings. The molecule has 0 atom stereocenters. The van der Waals surface area contributed by atoms with E-state index in [-0.39, 0.29) is 5.95 Å². The first-order valence-electron chi connectivity index (χ1n) is 6.48. The molecule has 0 amide bonds. The minimum Gasteiger partial charge on any atom is -0.378 e. The summed E-state index contributed by atoms with van der Waals surface area (Å²) in [6.07, 6.45) is 5.19. The second-order valence-corrected chi connectivity index (χ2v) is 4.63. The summed E-state index contributed by atoms with van der Waals surface area (Å²) in [4.78, 5) is 19.2. The highest BCUT2D eigenvalue weighted by atomic mass is 16.5. The lowest BCUT2D eigenvalue weighted by Gasteiger charge is -2.27. The van der Waals surface area contributed by atoms with Crippen molar-refractivity contribution in [1.29, 1.82) is 0 Å². The fourth-order valence-electron chi connectivity index (χ4n) is 2.10. The van der Waals surface area contributed by atoms with Gasteiger partial charge >= 0.3 is 0 Å². The van der Waals surface area contributed by atoms with Crippen molar-refractivity contribution < 1.29 is 4.74 Å². The highest BCUT2D eigenvalue weighted by molar-refractivity contribution is 5.62. The molecule has 0 aliphatic carbocycles. The van der Waals surface area contributed by atoms with Gasteiger partial charge in [-0.3, -0.25) is 0 Å². The van der Waals surface area contributed by atoms with Gasteiger partial charge < -0.3 is 15.4 Å². The minimum atomic E-state index is 0.258. The Morgan fingerprint density at radius 1 is 1.10 bits per heavy atom. The van der Waals surface area contributed by atoms with Crippen molar-refractivity contribution in [1.82, 2.24) is 19.9 Å². The molecule has 20 heavy (non-hydrogen) atoms. The number of aromatic nitrogens is 4. The van der Waals surface area contributed by atoms with Crippen LogP contribution in [0.15, 0.2) is 18.6 Å². The van der Waals surface area contributed by atoms with Crippen LogP contribution < -0.4 is 10.6 Å². The topological polar surface area (TPSA) is 90.0 Å². The van der Waals surface area contributed by atoms with Crippen LogP contribution in [0.5, 0.6) is 0 Å². The number of morpholine rings is 1. The van der Waals surface area contributed by atoms with Crippen molar-refractivity contribution in [2.45, 2.75) is 6.92 Å². The number of anilines is 2. The zero-order valence-electron chi connectivity index (χ0n) is 11.3. The fourth-order valence-corrected chi connectivity index (χ4v) is 2.10. The van der Waals surface area contributed by atoms with E-state index in [0.717, 1.165) is 29.9 Å². The Hall–Kier alpha value is -2.28. The van der Waals surface area contributed by atoms with E-state index in [1.165, 1.54) is 0 Å². The zero-order valence-corrected chi connectivity index (χ0v) is 11.3. The first-order chi connectivity index (χ1) is 9.74. The number of hydrogen-bond acceptors (Lipinski definition) is 7. The molecule has 1 fully saturated rings. The smallest absolute Gasteiger partial charge is 0.226 e. The molecule has 2 aromatic heterocycles. The van der Waals surface area contributed by atoms with Gasteiger partial charge in [-0.15, -0.1) is 0 Å². The van der Waals surface area contributed by atoms with Crippen LogP contribution in [-0.2, 0) is 4.74 Å². The summed E-state index contributed by atoms with van der Waals surface area (Å²) in [7, 11) is 0. The van der Waals surface area contributed by atoms with E-state index in [4.69, 9.17) is 10.5 Å². The number of nitrogens with two attached hydrogens (primary N) is 1. The Balaban J connectivity index is 1.95. The summed E-state index contributed by atoms with van der Waals surface area (Å²) in [6, 6.07) is 0. The molecule has 0 spiro atoms. The third-order valence-corrected chi connectivity index (χ3v) is 3.20. The summed E-state index contributed by atoms with van der Waals surface area (Å²) < 4.78 is 5.34. The standard InChI is InChI=1S/C13H16N6O/c1-9-6-17-13(19-2-4-20-5-3-19)18-11(9)10-7-15-12(14)16-8-10/h6-8H,2-5H2,1H3,(H2,14,15,16). The van der Waals surface area contributed by atoms with Gasteiger partial charge in [-0.25, -0.2) is 19.9 Å². The quantitative estimate of drug-likeness (QED) is 0.858. The van der Waals surface area contributed by atoms with E-state index in [1.807, 2.05) is 13.1 Å². The van der Waals surface area contributed by atoms with Crippen LogP contribution in [0.2, 0.25) is 0 Å². The van der Waals surface area contributed by atoms with Gasteiger partial charge in [0, 0.05) is 37.2 Å². The lowest BCUT2D eigenvalue weighted by molar-refractivity contribution is 0.122. The maximum atomic E-state index is 5.51. The molecule has 0 bridgehead atoms. The van der Waals surface area contributed by atoms with Gasteiger partial charge in [-0.05, 0) is 12.5 Å². The normalized spacial score (nSPS) is 15.3. The Morgan fingerprint density at radius 3 is 2.50 bits per heavy atom. The molecule has 1 aliphatic heterocycles. The molecule has 0 unspecified atom stereocenters. The molecule has 2 N–H and O–H groups in total. The fraction of sp³-hybridized carbons (Fsp3) is 0.385. The summed E-state index contributed by atoms with van der Waals surface area (Å²) in [6.45, 7) is 4.99. The van der Waals surface area contributed by atoms with Gasteiger partial charge in [0.05, 0.1) is 18.9 Å². The number of hydrogen-bond donors (Lipinski definition) is 1. The van der Waals surface area contributed by atoms with Crippen molar-refractivity contribution in [3.8, 4) is 11.3 Å². The van der Waals surface area contributed by atoms with Crippen LogP contribution in [0, 0.1) is 6.92 Å². The Labute approximate surface area is 116 Å². The molecule has 7 nitrogen and oxygen atoms in total. The third kappa shape index (κ3) is 2.53. The van der Waals surface area contributed by atoms with E-state index in [1.54, 1.807) is 12.4 Å². The number of rotatable bonds is 2. The maximum Gasteiger partial charge on any atom is 0.226 e. The van der Waals surface area contributed by atoms with Crippen molar-refractivity contribution in [2.75, 3.05) is 36.9 Å². The predicted octanol–water partition coefficient (Wildman–Crippen LogP) is 0.661. The van der Waals surface area contributed by atoms with E-state index in [9.17, 15) is 0 Å². The monoisotopic (exact) mass is 272 g/mol. The first kappa shape index (κ1) is 12.7. The van der Waals surface area contributed by atoms with E-state index in [2.05, 4.69) is 24.8 Å². The largest absolute Gasteiger partial charge is 0.378 e. The predicted molar refractivity (Wildman–Crippen MR) is 75.2 cm³/mol. The number of nitrogens with zero attached hydrogens (tertiary/aromatic N) is 5. The average Bonchev–Trinajstić information content (AvgIpc) is 2.50. The van der Waals surface area contributed by atoms with Gasteiger partial charge in [-0.1, -0.05) is 0 Å². The lowest BCUT2D eigenvalue weighted by atomic mass is 10.1. The highest BCUT2D eigenvalue weighted by Crippen LogP contribution is 2.22. The molecule has 104 valence electrons. The molecule has 2 aromatic rings. The van der Waals surface area contributed by atoms with Crippen LogP contribution >= 0.6 is 0 Å². The van der Waals surface area contributed by atoms with Gasteiger partial charge in [0.1, 0.15) is 0 Å². The maximum absolute atomic E-state index is 5.51. The second-order valence-electron chi connectivity index (χ2n) is 4.63. The number of ether oxygens (including phenoxy) is 1. The molecule has 1 saturated heterocycles. The summed E-state index contributed by atoms with van der Waals surface area (Å²) in [5.74, 6) is 0.972. The number of aryl methyl sites for hydroxylation is 1. The van der Waals surface area contributed by atoms with Crippen LogP contribution in [-0.4, -0.2) is 46.2 Å². The van der Waals surface area contributed by atoms with Gasteiger partial charge in [0.2, 0.25) is 11.9 Å². The molecule has 0 radical (unpaired) electrons. The van der Waals surface area contributed by atoms with Crippen LogP contribution in [0.4, 0.5) is 11.9 Å². The van der Waals surface area contributed by atoms with E-state index in [0.29, 0.717) is 19.2 Å². The zero-order chi connectivity index (χ0) is 13.9. The SMILES string of the molecule is Cc1cnc(N2CCOCC2)nc1-c1cnc(N)nc1. The molecule has 3 rings (SSSR count). The summed E-state index contributed by atoms with van der Waals surface area (Å²) >= 11 is 0. The summed E-state index contributed by atoms with van der Waals surface area (Å²) in [5.41, 5.74) is 8.17. The van der Waals surface area contributed by atoms with Crippen molar-refractivity contribution >= 4 is 11.9 Å². The second kappa shape index (κ2) is 5.38. The average molecular weight is 272 g/mol. The Morgan fingerprint density at radius 2 is 1.80 bits per heavy atom. The number of nitrogen functional groups attached to an aromatic ring is 1. The van der Waals surface area contributed by atoms with Crippen molar-refractivity contribution in [3.63, 3.8) is 0 Å². The molecule has 3 heterocycles. The first-order valence-corrected chi connectivity index (χ1v) is 6.48. The van der Waals surface area contributed by atoms with Crippen LogP contribution in [0.3, 0.4) is 0 Å². The summed E-state index contributed by atoms with van der Waals surface area (Å²) in [5, 5.41) is 0. The van der Waals surface area contributed by atoms with Gasteiger partial charge in [0.25, 0.3) is 0 Å². The third-order valence-electron chi connectivity index (χ3n) is 3.20. The van der Waals surface area contributed by atoms with Crippen molar-refractivity contribution in [3.05, 3.63) is 24.2 Å². The Kier molecular flexibility index (Phi) is 3.42. The lowest BCUT2D eigenvalue weighted by Crippen LogP contribution is -2.37. The van der Waals surface area contributed by atoms with E-state index >= 15 is 0 Å². The Bertz CT molecular complexity index is 594. The van der Waals surface area contributed by atoms with Crippen LogP contribution in [0.1, 0.15) is 5.56 Å². The van der Waals surface area contributed by atoms with E-state index < -0.39 is 0 Å². The molecular weight excluding hydrogens is 256 g/mol.